The van der Waals surface area contributed by atoms with E-state index in [1.807, 2.05) is 0 Å². The molecule has 0 aliphatic heterocycles. The Morgan fingerprint density at radius 3 is 3.06 bits per heavy atom. The number of fused-ring (bicyclic) bond motifs is 1. The van der Waals surface area contributed by atoms with Crippen molar-refractivity contribution in [2.24, 2.45) is 0 Å². The lowest BCUT2D eigenvalue weighted by Gasteiger charge is -2.06. The molecule has 0 aromatic carbocycles. The largest absolute Gasteiger partial charge is 0.396 e. The van der Waals surface area contributed by atoms with Gasteiger partial charge in [-0.25, -0.2) is 19.3 Å². The Hall–Kier alpha value is -1.89. The first kappa shape index (κ1) is 12.6. The van der Waals surface area contributed by atoms with Crippen LogP contribution in [0, 0.1) is 6.92 Å². The lowest BCUT2D eigenvalue weighted by Crippen LogP contribution is -2.14. The van der Waals surface area contributed by atoms with Gasteiger partial charge in [0.2, 0.25) is 0 Å². The average Bonchev–Trinajstić information content (AvgIpc) is 2.71. The maximum atomic E-state index is 11.4. The van der Waals surface area contributed by atoms with Gasteiger partial charge >= 0.3 is 5.69 Å². The van der Waals surface area contributed by atoms with Gasteiger partial charge in [-0.15, -0.1) is 0 Å². The number of unbranched alkanes of at least 4 members (excludes halogenated alkanes) is 2. The predicted molar refractivity (Wildman–Crippen MR) is 67.8 cm³/mol. The van der Waals surface area contributed by atoms with Crippen LogP contribution in [0.25, 0.3) is 5.65 Å². The smallest absolute Gasteiger partial charge is 0.349 e. The zero-order valence-electron chi connectivity index (χ0n) is 10.3. The highest BCUT2D eigenvalue weighted by Gasteiger charge is 2.06. The highest BCUT2D eigenvalue weighted by atomic mass is 16.2. The molecule has 0 spiro atoms. The highest BCUT2D eigenvalue weighted by Crippen LogP contribution is 2.08. The number of nitrogens with zero attached hydrogens (tertiary/aromatic N) is 3. The molecule has 3 N–H and O–H groups in total. The van der Waals surface area contributed by atoms with Gasteiger partial charge in [0.05, 0.1) is 0 Å². The fraction of sp³-hybridized carbons (Fsp3) is 0.545. The molecule has 2 aromatic rings. The Morgan fingerprint density at radius 2 is 2.28 bits per heavy atom. The van der Waals surface area contributed by atoms with Gasteiger partial charge in [-0.1, -0.05) is 0 Å². The lowest BCUT2D eigenvalue weighted by molar-refractivity contribution is 0.283. The van der Waals surface area contributed by atoms with Crippen LogP contribution in [-0.2, 0) is 0 Å². The summed E-state index contributed by atoms with van der Waals surface area (Å²) >= 11 is 0. The number of H-pyrrole nitrogens is 1. The summed E-state index contributed by atoms with van der Waals surface area (Å²) in [6, 6.07) is 1.73. The van der Waals surface area contributed by atoms with E-state index in [9.17, 15) is 4.79 Å². The number of hydrogen-bond acceptors (Lipinski definition) is 5. The second-order valence-corrected chi connectivity index (χ2v) is 4.12. The van der Waals surface area contributed by atoms with Gasteiger partial charge in [-0.3, -0.25) is 0 Å². The van der Waals surface area contributed by atoms with Crippen molar-refractivity contribution < 1.29 is 5.11 Å². The predicted octanol–water partition coefficient (Wildman–Crippen LogP) is 0.301. The third-order valence-corrected chi connectivity index (χ3v) is 2.71. The fourth-order valence-corrected chi connectivity index (χ4v) is 1.82. The third-order valence-electron chi connectivity index (χ3n) is 2.71. The van der Waals surface area contributed by atoms with Crippen molar-refractivity contribution in [2.45, 2.75) is 26.2 Å². The molecule has 0 unspecified atom stereocenters. The molecule has 7 nitrogen and oxygen atoms in total. The molecule has 2 aromatic heterocycles. The molecule has 18 heavy (non-hydrogen) atoms. The molecule has 98 valence electrons. The standard InChI is InChI=1S/C11H17N5O2/c1-8-13-9(12-5-3-2-4-6-17)7-10-14-15-11(18)16(8)10/h7,12,17H,2-6H2,1H3,(H,15,18). The Labute approximate surface area is 104 Å². The number of anilines is 1. The second kappa shape index (κ2) is 5.63. The zero-order valence-corrected chi connectivity index (χ0v) is 10.3. The molecule has 0 fully saturated rings. The maximum absolute atomic E-state index is 11.4. The number of hydrogen-bond donors (Lipinski definition) is 3. The molecule has 0 amide bonds. The summed E-state index contributed by atoms with van der Waals surface area (Å²) in [6.45, 7) is 2.79. The van der Waals surface area contributed by atoms with Crippen LogP contribution in [0.5, 0.6) is 0 Å². The van der Waals surface area contributed by atoms with Crippen LogP contribution in [0.2, 0.25) is 0 Å². The van der Waals surface area contributed by atoms with Crippen molar-refractivity contribution in [1.82, 2.24) is 19.6 Å². The first-order chi connectivity index (χ1) is 8.72. The van der Waals surface area contributed by atoms with Crippen molar-refractivity contribution in [1.29, 1.82) is 0 Å². The highest BCUT2D eigenvalue weighted by molar-refractivity contribution is 5.49. The monoisotopic (exact) mass is 251 g/mol. The molecular formula is C11H17N5O2. The molecule has 2 heterocycles. The summed E-state index contributed by atoms with van der Waals surface area (Å²) in [5, 5.41) is 18.1. The molecule has 0 aliphatic rings. The van der Waals surface area contributed by atoms with Crippen LogP contribution in [0.1, 0.15) is 25.1 Å². The molecule has 7 heteroatoms. The molecule has 0 atom stereocenters. The van der Waals surface area contributed by atoms with Gasteiger partial charge < -0.3 is 10.4 Å². The molecule has 2 rings (SSSR count). The summed E-state index contributed by atoms with van der Waals surface area (Å²) in [6.07, 6.45) is 2.77. The second-order valence-electron chi connectivity index (χ2n) is 4.12. The summed E-state index contributed by atoms with van der Waals surface area (Å²) < 4.78 is 1.43. The molecule has 0 aliphatic carbocycles. The van der Waals surface area contributed by atoms with Crippen molar-refractivity contribution in [3.05, 3.63) is 22.4 Å². The summed E-state index contributed by atoms with van der Waals surface area (Å²) in [4.78, 5) is 15.7. The van der Waals surface area contributed by atoms with Gasteiger partial charge in [0.1, 0.15) is 11.6 Å². The van der Waals surface area contributed by atoms with Crippen LogP contribution in [-0.4, -0.2) is 37.8 Å². The topological polar surface area (TPSA) is 95.3 Å². The molecule has 0 radical (unpaired) electrons. The first-order valence-electron chi connectivity index (χ1n) is 6.02. The SMILES string of the molecule is Cc1nc(NCCCCCO)cc2n[nH]c(=O)n12. The van der Waals surface area contributed by atoms with E-state index < -0.39 is 0 Å². The average molecular weight is 251 g/mol. The van der Waals surface area contributed by atoms with Crippen LogP contribution >= 0.6 is 0 Å². The third kappa shape index (κ3) is 2.67. The van der Waals surface area contributed by atoms with Gasteiger partial charge in [-0.2, -0.15) is 5.10 Å². The number of aliphatic hydroxyl groups excluding tert-OH is 1. The van der Waals surface area contributed by atoms with Crippen LogP contribution < -0.4 is 11.0 Å². The Kier molecular flexibility index (Phi) is 3.93. The van der Waals surface area contributed by atoms with E-state index in [4.69, 9.17) is 5.11 Å². The Bertz CT molecular complexity index is 574. The normalized spacial score (nSPS) is 11.0. The Balaban J connectivity index is 2.03. The van der Waals surface area contributed by atoms with Gasteiger partial charge in [-0.05, 0) is 26.2 Å². The van der Waals surface area contributed by atoms with E-state index in [0.717, 1.165) is 25.8 Å². The van der Waals surface area contributed by atoms with Crippen LogP contribution in [0.4, 0.5) is 5.82 Å². The van der Waals surface area contributed by atoms with E-state index in [2.05, 4.69) is 20.5 Å². The van der Waals surface area contributed by atoms with E-state index in [0.29, 0.717) is 17.3 Å². The first-order valence-corrected chi connectivity index (χ1v) is 6.02. The number of nitrogens with one attached hydrogen (secondary N) is 2. The molecule has 0 bridgehead atoms. The number of rotatable bonds is 6. The lowest BCUT2D eigenvalue weighted by atomic mass is 10.2. The van der Waals surface area contributed by atoms with E-state index in [1.165, 1.54) is 4.40 Å². The minimum atomic E-state index is -0.274. The van der Waals surface area contributed by atoms with Crippen LogP contribution in [0.15, 0.2) is 10.9 Å². The van der Waals surface area contributed by atoms with Gasteiger partial charge in [0.15, 0.2) is 5.65 Å². The number of aryl methyl sites for hydroxylation is 1. The van der Waals surface area contributed by atoms with Crippen molar-refractivity contribution in [2.75, 3.05) is 18.5 Å². The van der Waals surface area contributed by atoms with Crippen molar-refractivity contribution >= 4 is 11.5 Å². The molecular weight excluding hydrogens is 234 g/mol. The summed E-state index contributed by atoms with van der Waals surface area (Å²) in [5.41, 5.74) is 0.287. The van der Waals surface area contributed by atoms with Gasteiger partial charge in [0.25, 0.3) is 0 Å². The zero-order chi connectivity index (χ0) is 13.0. The van der Waals surface area contributed by atoms with Crippen molar-refractivity contribution in [3.8, 4) is 0 Å². The van der Waals surface area contributed by atoms with E-state index in [-0.39, 0.29) is 12.3 Å². The number of aromatic amines is 1. The number of aliphatic hydroxyl groups is 1. The molecule has 0 saturated heterocycles. The Morgan fingerprint density at radius 1 is 1.44 bits per heavy atom. The minimum Gasteiger partial charge on any atom is -0.396 e. The van der Waals surface area contributed by atoms with Gasteiger partial charge in [0, 0.05) is 19.2 Å². The van der Waals surface area contributed by atoms with E-state index in [1.54, 1.807) is 13.0 Å². The quantitative estimate of drug-likeness (QED) is 0.642. The van der Waals surface area contributed by atoms with Crippen molar-refractivity contribution in [3.63, 3.8) is 0 Å². The number of aromatic nitrogens is 4. The van der Waals surface area contributed by atoms with E-state index >= 15 is 0 Å². The molecule has 0 saturated carbocycles. The summed E-state index contributed by atoms with van der Waals surface area (Å²) in [5.74, 6) is 1.31. The fourth-order valence-electron chi connectivity index (χ4n) is 1.82. The minimum absolute atomic E-state index is 0.236. The maximum Gasteiger partial charge on any atom is 0.349 e. The summed E-state index contributed by atoms with van der Waals surface area (Å²) in [7, 11) is 0. The van der Waals surface area contributed by atoms with Crippen LogP contribution in [0.3, 0.4) is 0 Å².